The molecule has 39 heavy (non-hydrogen) atoms. The van der Waals surface area contributed by atoms with E-state index in [9.17, 15) is 0 Å². The molecule has 0 aromatic heterocycles. The molecule has 3 heteroatoms. The zero-order valence-electron chi connectivity index (χ0n) is 21.5. The average Bonchev–Trinajstić information content (AvgIpc) is 3.01. The van der Waals surface area contributed by atoms with E-state index in [1.165, 1.54) is 0 Å². The molecular weight excluding hydrogens is 474 g/mol. The van der Waals surface area contributed by atoms with Crippen LogP contribution in [0.3, 0.4) is 0 Å². The van der Waals surface area contributed by atoms with E-state index in [2.05, 4.69) is 66.0 Å². The molecule has 0 bridgehead atoms. The molecule has 0 saturated carbocycles. The van der Waals surface area contributed by atoms with Gasteiger partial charge in [0.1, 0.15) is 5.84 Å². The van der Waals surface area contributed by atoms with Crippen molar-refractivity contribution < 1.29 is 0 Å². The van der Waals surface area contributed by atoms with Crippen LogP contribution in [0.5, 0.6) is 0 Å². The van der Waals surface area contributed by atoms with Gasteiger partial charge < -0.3 is 5.32 Å². The quantitative estimate of drug-likeness (QED) is 0.130. The second kappa shape index (κ2) is 12.8. The van der Waals surface area contributed by atoms with E-state index in [4.69, 9.17) is 10.4 Å². The Morgan fingerprint density at radius 1 is 0.462 bits per heavy atom. The van der Waals surface area contributed by atoms with Crippen molar-refractivity contribution in [2.45, 2.75) is 0 Å². The summed E-state index contributed by atoms with van der Waals surface area (Å²) in [6.07, 6.45) is 8.35. The van der Waals surface area contributed by atoms with Crippen molar-refractivity contribution in [1.82, 2.24) is 0 Å². The Balaban J connectivity index is 1.36. The van der Waals surface area contributed by atoms with Gasteiger partial charge in [-0.05, 0) is 34.4 Å². The zero-order chi connectivity index (χ0) is 26.7. The maximum atomic E-state index is 8.73. The fourth-order valence-corrected chi connectivity index (χ4v) is 4.02. The summed E-state index contributed by atoms with van der Waals surface area (Å²) >= 11 is 0. The Bertz CT molecular complexity index is 1580. The van der Waals surface area contributed by atoms with Crippen LogP contribution in [-0.2, 0) is 0 Å². The second-order valence-corrected chi connectivity index (χ2v) is 9.03. The number of aliphatic imine (C=N–C) groups is 1. The molecule has 0 amide bonds. The van der Waals surface area contributed by atoms with Gasteiger partial charge in [0.15, 0.2) is 5.84 Å². The Morgan fingerprint density at radius 2 is 0.846 bits per heavy atom. The van der Waals surface area contributed by atoms with Gasteiger partial charge in [-0.15, -0.1) is 0 Å². The summed E-state index contributed by atoms with van der Waals surface area (Å²) in [4.78, 5) is 4.71. The molecule has 0 spiro atoms. The summed E-state index contributed by atoms with van der Waals surface area (Å²) in [5.74, 6) is 0.818. The van der Waals surface area contributed by atoms with Crippen molar-refractivity contribution in [3.05, 3.63) is 173 Å². The first-order valence-corrected chi connectivity index (χ1v) is 12.9. The molecule has 0 radical (unpaired) electrons. The van der Waals surface area contributed by atoms with Crippen molar-refractivity contribution in [2.75, 3.05) is 5.32 Å². The van der Waals surface area contributed by atoms with Crippen LogP contribution in [0.4, 0.5) is 5.69 Å². The van der Waals surface area contributed by atoms with E-state index < -0.39 is 0 Å². The van der Waals surface area contributed by atoms with Crippen LogP contribution in [-0.4, -0.2) is 11.7 Å². The first kappa shape index (κ1) is 25.4. The van der Waals surface area contributed by atoms with Gasteiger partial charge in [0.25, 0.3) is 0 Å². The van der Waals surface area contributed by atoms with Crippen LogP contribution in [0, 0.1) is 5.41 Å². The van der Waals surface area contributed by atoms with Crippen LogP contribution in [0.2, 0.25) is 0 Å². The van der Waals surface area contributed by atoms with Gasteiger partial charge in [0.2, 0.25) is 0 Å². The molecule has 0 atom stereocenters. The molecule has 0 aliphatic carbocycles. The molecule has 3 nitrogen and oxygen atoms in total. The predicted molar refractivity (Wildman–Crippen MR) is 167 cm³/mol. The number of benzene rings is 5. The molecule has 5 aromatic rings. The zero-order valence-corrected chi connectivity index (χ0v) is 21.5. The van der Waals surface area contributed by atoms with E-state index in [-0.39, 0.29) is 5.84 Å². The Labute approximate surface area is 230 Å². The van der Waals surface area contributed by atoms with Crippen molar-refractivity contribution >= 4 is 41.7 Å². The highest BCUT2D eigenvalue weighted by atomic mass is 15.0. The summed E-state index contributed by atoms with van der Waals surface area (Å²) in [6, 6.07) is 46.5. The normalized spacial score (nSPS) is 11.6. The third-order valence-corrected chi connectivity index (χ3v) is 6.16. The minimum Gasteiger partial charge on any atom is -0.340 e. The van der Waals surface area contributed by atoms with Gasteiger partial charge in [-0.3, -0.25) is 5.41 Å². The smallest absolute Gasteiger partial charge is 0.154 e. The standard InChI is InChI=1S/C36H29N3/c37-35(32-24-20-30(21-25-32)18-16-28-10-4-1-5-11-28)39-36(38-34-14-8-3-9-15-34)33-26-22-31(23-27-33)19-17-29-12-6-2-7-13-29/h1-27H,(H2,37,38,39)/b18-16+,19-17+. The molecule has 5 aromatic carbocycles. The third kappa shape index (κ3) is 7.37. The van der Waals surface area contributed by atoms with Crippen LogP contribution in [0.15, 0.2) is 145 Å². The first-order valence-electron chi connectivity index (χ1n) is 12.9. The lowest BCUT2D eigenvalue weighted by molar-refractivity contribution is 1.40. The molecular formula is C36H29N3. The van der Waals surface area contributed by atoms with E-state index in [1.807, 2.05) is 103 Å². The second-order valence-electron chi connectivity index (χ2n) is 9.03. The van der Waals surface area contributed by atoms with Crippen LogP contribution in [0.25, 0.3) is 24.3 Å². The molecule has 0 aliphatic heterocycles. The predicted octanol–water partition coefficient (Wildman–Crippen LogP) is 8.91. The van der Waals surface area contributed by atoms with Gasteiger partial charge in [-0.25, -0.2) is 4.99 Å². The Morgan fingerprint density at radius 3 is 1.31 bits per heavy atom. The van der Waals surface area contributed by atoms with Crippen LogP contribution >= 0.6 is 0 Å². The SMILES string of the molecule is N=C(N=C(Nc1ccccc1)c1ccc(/C=C/c2ccccc2)cc1)c1ccc(/C=C/c2ccccc2)cc1. The summed E-state index contributed by atoms with van der Waals surface area (Å²) < 4.78 is 0. The third-order valence-electron chi connectivity index (χ3n) is 6.16. The van der Waals surface area contributed by atoms with Gasteiger partial charge in [0.05, 0.1) is 0 Å². The molecule has 0 fully saturated rings. The number of para-hydroxylation sites is 1. The summed E-state index contributed by atoms with van der Waals surface area (Å²) in [5, 5.41) is 12.1. The first-order chi connectivity index (χ1) is 19.2. The van der Waals surface area contributed by atoms with Crippen molar-refractivity contribution in [3.8, 4) is 0 Å². The topological polar surface area (TPSA) is 48.2 Å². The molecule has 0 saturated heterocycles. The maximum Gasteiger partial charge on any atom is 0.154 e. The van der Waals surface area contributed by atoms with Gasteiger partial charge in [0, 0.05) is 16.8 Å². The highest BCUT2D eigenvalue weighted by molar-refractivity contribution is 6.15. The average molecular weight is 504 g/mol. The fraction of sp³-hybridized carbons (Fsp3) is 0. The van der Waals surface area contributed by atoms with Crippen molar-refractivity contribution in [1.29, 1.82) is 5.41 Å². The Kier molecular flexibility index (Phi) is 8.33. The van der Waals surface area contributed by atoms with Crippen LogP contribution in [0.1, 0.15) is 33.4 Å². The number of nitrogens with one attached hydrogen (secondary N) is 2. The fourth-order valence-electron chi connectivity index (χ4n) is 4.02. The molecule has 0 unspecified atom stereocenters. The van der Waals surface area contributed by atoms with Crippen molar-refractivity contribution in [3.63, 3.8) is 0 Å². The summed E-state index contributed by atoms with van der Waals surface area (Å²) in [6.45, 7) is 0. The lowest BCUT2D eigenvalue weighted by Gasteiger charge is -2.11. The van der Waals surface area contributed by atoms with E-state index in [0.717, 1.165) is 39.1 Å². The largest absolute Gasteiger partial charge is 0.340 e. The molecule has 0 aliphatic rings. The number of anilines is 1. The van der Waals surface area contributed by atoms with E-state index in [1.54, 1.807) is 0 Å². The lowest BCUT2D eigenvalue weighted by Crippen LogP contribution is -2.16. The van der Waals surface area contributed by atoms with E-state index >= 15 is 0 Å². The number of hydrogen-bond donors (Lipinski definition) is 2. The number of rotatable bonds is 7. The van der Waals surface area contributed by atoms with Gasteiger partial charge >= 0.3 is 0 Å². The minimum atomic E-state index is 0.195. The highest BCUT2D eigenvalue weighted by Gasteiger charge is 2.08. The van der Waals surface area contributed by atoms with Crippen molar-refractivity contribution in [2.24, 2.45) is 4.99 Å². The lowest BCUT2D eigenvalue weighted by atomic mass is 10.1. The highest BCUT2D eigenvalue weighted by Crippen LogP contribution is 2.15. The van der Waals surface area contributed by atoms with E-state index in [0.29, 0.717) is 5.84 Å². The summed E-state index contributed by atoms with van der Waals surface area (Å²) in [7, 11) is 0. The number of amidine groups is 2. The number of hydrogen-bond acceptors (Lipinski definition) is 1. The molecule has 188 valence electrons. The monoisotopic (exact) mass is 503 g/mol. The van der Waals surface area contributed by atoms with Crippen LogP contribution < -0.4 is 5.32 Å². The number of nitrogens with zero attached hydrogens (tertiary/aromatic N) is 1. The maximum absolute atomic E-state index is 8.73. The molecule has 5 rings (SSSR count). The van der Waals surface area contributed by atoms with Gasteiger partial charge in [-0.2, -0.15) is 0 Å². The summed E-state index contributed by atoms with van der Waals surface area (Å²) in [5.41, 5.74) is 7.04. The Hall–Kier alpha value is -5.28. The molecule has 0 heterocycles. The molecule has 2 N–H and O–H groups in total. The van der Waals surface area contributed by atoms with Gasteiger partial charge in [-0.1, -0.05) is 152 Å². The minimum absolute atomic E-state index is 0.195.